The third-order valence-corrected chi connectivity index (χ3v) is 2.68. The van der Waals surface area contributed by atoms with Gasteiger partial charge in [0.15, 0.2) is 5.78 Å². The Labute approximate surface area is 117 Å². The second-order valence-corrected chi connectivity index (χ2v) is 4.28. The van der Waals surface area contributed by atoms with Crippen LogP contribution in [0, 0.1) is 17.7 Å². The predicted octanol–water partition coefficient (Wildman–Crippen LogP) is 3.85. The van der Waals surface area contributed by atoms with Crippen molar-refractivity contribution < 1.29 is 9.18 Å². The van der Waals surface area contributed by atoms with Gasteiger partial charge in [-0.15, -0.1) is 0 Å². The van der Waals surface area contributed by atoms with Crippen LogP contribution < -0.4 is 0 Å². The molecule has 0 saturated carbocycles. The van der Waals surface area contributed by atoms with Crippen molar-refractivity contribution in [1.82, 2.24) is 0 Å². The molecule has 0 heterocycles. The second-order valence-electron chi connectivity index (χ2n) is 4.28. The fourth-order valence-electron chi connectivity index (χ4n) is 1.61. The highest BCUT2D eigenvalue weighted by Gasteiger charge is 2.00. The molecule has 1 nitrogen and oxygen atoms in total. The summed E-state index contributed by atoms with van der Waals surface area (Å²) < 4.78 is 12.8. The van der Waals surface area contributed by atoms with Crippen LogP contribution in [0.25, 0.3) is 6.08 Å². The minimum absolute atomic E-state index is 0.113. The number of carbonyl (C=O) groups is 1. The van der Waals surface area contributed by atoms with Crippen LogP contribution in [0.2, 0.25) is 0 Å². The van der Waals surface area contributed by atoms with Crippen molar-refractivity contribution in [3.8, 4) is 11.8 Å². The van der Waals surface area contributed by atoms with Gasteiger partial charge in [-0.1, -0.05) is 42.2 Å². The van der Waals surface area contributed by atoms with Crippen molar-refractivity contribution in [2.24, 2.45) is 0 Å². The molecule has 0 aliphatic carbocycles. The van der Waals surface area contributed by atoms with Crippen LogP contribution in [-0.2, 0) is 4.79 Å². The van der Waals surface area contributed by atoms with Crippen molar-refractivity contribution in [3.05, 3.63) is 77.1 Å². The molecule has 2 rings (SSSR count). The fourth-order valence-corrected chi connectivity index (χ4v) is 1.61. The summed E-state index contributed by atoms with van der Waals surface area (Å²) in [6.45, 7) is 1.47. The summed E-state index contributed by atoms with van der Waals surface area (Å²) in [6.07, 6.45) is 1.66. The highest BCUT2D eigenvalue weighted by Crippen LogP contribution is 2.09. The average molecular weight is 264 g/mol. The number of carbonyl (C=O) groups excluding carboxylic acids is 1. The van der Waals surface area contributed by atoms with E-state index in [1.165, 1.54) is 19.1 Å². The first-order valence-corrected chi connectivity index (χ1v) is 6.20. The zero-order valence-electron chi connectivity index (χ0n) is 11.1. The van der Waals surface area contributed by atoms with Crippen LogP contribution in [0.15, 0.2) is 60.2 Å². The molecule has 2 aromatic carbocycles. The highest BCUT2D eigenvalue weighted by atomic mass is 19.1. The van der Waals surface area contributed by atoms with Gasteiger partial charge in [-0.25, -0.2) is 4.39 Å². The van der Waals surface area contributed by atoms with Crippen LogP contribution in [0.5, 0.6) is 0 Å². The van der Waals surface area contributed by atoms with Gasteiger partial charge in [-0.2, -0.15) is 0 Å². The molecule has 20 heavy (non-hydrogen) atoms. The number of hydrogen-bond acceptors (Lipinski definition) is 1. The molecule has 98 valence electrons. The van der Waals surface area contributed by atoms with E-state index in [4.69, 9.17) is 0 Å². The van der Waals surface area contributed by atoms with Crippen LogP contribution in [-0.4, -0.2) is 5.78 Å². The normalized spacial score (nSPS) is 10.6. The van der Waals surface area contributed by atoms with E-state index in [0.29, 0.717) is 5.57 Å². The summed E-state index contributed by atoms with van der Waals surface area (Å²) in [5, 5.41) is 0. The number of Topliss-reactive ketones (excluding diaryl/α,β-unsaturated/α-hetero) is 1. The first-order valence-electron chi connectivity index (χ1n) is 6.20. The molecule has 0 unspecified atom stereocenters. The van der Waals surface area contributed by atoms with E-state index in [-0.39, 0.29) is 11.6 Å². The molecule has 0 bridgehead atoms. The Morgan fingerprint density at radius 2 is 1.70 bits per heavy atom. The Hall–Kier alpha value is -2.66. The summed E-state index contributed by atoms with van der Waals surface area (Å²) >= 11 is 0. The molecule has 0 aliphatic rings. The van der Waals surface area contributed by atoms with Gasteiger partial charge in [-0.05, 0) is 42.8 Å². The number of hydrogen-bond donors (Lipinski definition) is 0. The lowest BCUT2D eigenvalue weighted by atomic mass is 10.1. The van der Waals surface area contributed by atoms with Gasteiger partial charge in [-0.3, -0.25) is 4.79 Å². The van der Waals surface area contributed by atoms with Crippen molar-refractivity contribution in [2.75, 3.05) is 0 Å². The van der Waals surface area contributed by atoms with Gasteiger partial charge < -0.3 is 0 Å². The van der Waals surface area contributed by atoms with Crippen LogP contribution >= 0.6 is 0 Å². The third-order valence-electron chi connectivity index (χ3n) is 2.68. The highest BCUT2D eigenvalue weighted by molar-refractivity contribution is 6.02. The van der Waals surface area contributed by atoms with Crippen LogP contribution in [0.3, 0.4) is 0 Å². The Bertz CT molecular complexity index is 686. The van der Waals surface area contributed by atoms with Gasteiger partial charge in [0.05, 0.1) is 5.57 Å². The minimum Gasteiger partial charge on any atom is -0.294 e. The largest absolute Gasteiger partial charge is 0.294 e. The van der Waals surface area contributed by atoms with E-state index in [0.717, 1.165) is 11.1 Å². The molecule has 0 radical (unpaired) electrons. The molecule has 0 spiro atoms. The second kappa shape index (κ2) is 6.49. The summed E-state index contributed by atoms with van der Waals surface area (Å²) in [4.78, 5) is 11.6. The lowest BCUT2D eigenvalue weighted by Gasteiger charge is -1.96. The van der Waals surface area contributed by atoms with E-state index < -0.39 is 0 Å². The molecule has 0 saturated heterocycles. The third kappa shape index (κ3) is 3.93. The van der Waals surface area contributed by atoms with E-state index in [1.807, 2.05) is 30.3 Å². The molecule has 0 N–H and O–H groups in total. The number of ketones is 1. The van der Waals surface area contributed by atoms with Gasteiger partial charge in [0, 0.05) is 5.56 Å². The topological polar surface area (TPSA) is 17.1 Å². The SMILES string of the molecule is CC(=O)C(C#Cc1ccccc1)=Cc1ccc(F)cc1. The minimum atomic E-state index is -0.304. The lowest BCUT2D eigenvalue weighted by Crippen LogP contribution is -1.93. The molecule has 2 aromatic rings. The van der Waals surface area contributed by atoms with Gasteiger partial charge in [0.1, 0.15) is 5.82 Å². The van der Waals surface area contributed by atoms with E-state index in [2.05, 4.69) is 11.8 Å². The lowest BCUT2D eigenvalue weighted by molar-refractivity contribution is -0.113. The summed E-state index contributed by atoms with van der Waals surface area (Å²) in [5.74, 6) is 5.39. The Morgan fingerprint density at radius 3 is 2.30 bits per heavy atom. The smallest absolute Gasteiger partial charge is 0.168 e. The van der Waals surface area contributed by atoms with Crippen LogP contribution in [0.1, 0.15) is 18.1 Å². The Morgan fingerprint density at radius 1 is 1.05 bits per heavy atom. The molecule has 0 aliphatic heterocycles. The summed E-state index contributed by atoms with van der Waals surface area (Å²) in [7, 11) is 0. The average Bonchev–Trinajstić information content (AvgIpc) is 2.46. The maximum Gasteiger partial charge on any atom is 0.168 e. The zero-order valence-corrected chi connectivity index (χ0v) is 11.1. The molecule has 0 amide bonds. The Kier molecular flexibility index (Phi) is 4.47. The molecular weight excluding hydrogens is 251 g/mol. The van der Waals surface area contributed by atoms with Crippen molar-refractivity contribution >= 4 is 11.9 Å². The molecule has 0 fully saturated rings. The number of benzene rings is 2. The number of allylic oxidation sites excluding steroid dienone is 1. The molecular formula is C18H13FO. The van der Waals surface area contributed by atoms with Crippen molar-refractivity contribution in [1.29, 1.82) is 0 Å². The van der Waals surface area contributed by atoms with Crippen LogP contribution in [0.4, 0.5) is 4.39 Å². The van der Waals surface area contributed by atoms with E-state index in [9.17, 15) is 9.18 Å². The number of rotatable bonds is 2. The quantitative estimate of drug-likeness (QED) is 0.595. The summed E-state index contributed by atoms with van der Waals surface area (Å²) in [6, 6.07) is 15.4. The fraction of sp³-hybridized carbons (Fsp3) is 0.0556. The first-order chi connectivity index (χ1) is 9.65. The summed E-state index contributed by atoms with van der Waals surface area (Å²) in [5.41, 5.74) is 2.00. The van der Waals surface area contributed by atoms with Crippen molar-refractivity contribution in [2.45, 2.75) is 6.92 Å². The van der Waals surface area contributed by atoms with Gasteiger partial charge in [0.25, 0.3) is 0 Å². The van der Waals surface area contributed by atoms with Crippen molar-refractivity contribution in [3.63, 3.8) is 0 Å². The number of halogens is 1. The molecule has 0 aromatic heterocycles. The van der Waals surface area contributed by atoms with E-state index in [1.54, 1.807) is 18.2 Å². The van der Waals surface area contributed by atoms with Gasteiger partial charge >= 0.3 is 0 Å². The van der Waals surface area contributed by atoms with E-state index >= 15 is 0 Å². The zero-order chi connectivity index (χ0) is 14.4. The Balaban J connectivity index is 2.31. The molecule has 2 heteroatoms. The predicted molar refractivity (Wildman–Crippen MR) is 78.4 cm³/mol. The maximum atomic E-state index is 12.8. The monoisotopic (exact) mass is 264 g/mol. The maximum absolute atomic E-state index is 12.8. The first kappa shape index (κ1) is 13.8. The van der Waals surface area contributed by atoms with Gasteiger partial charge in [0.2, 0.25) is 0 Å². The molecule has 0 atom stereocenters. The standard InChI is InChI=1S/C18H13FO/c1-14(20)17(10-7-15-5-3-2-4-6-15)13-16-8-11-18(19)12-9-16/h2-6,8-9,11-13H,1H3.